The lowest BCUT2D eigenvalue weighted by Crippen LogP contribution is -2.31. The molecule has 15 heavy (non-hydrogen) atoms. The van der Waals surface area contributed by atoms with Gasteiger partial charge in [-0.2, -0.15) is 5.10 Å². The van der Waals surface area contributed by atoms with Crippen LogP contribution < -0.4 is 5.73 Å². The molecule has 0 radical (unpaired) electrons. The molecule has 1 aromatic rings. The number of nitrogens with zero attached hydrogens (tertiary/aromatic N) is 4. The summed E-state index contributed by atoms with van der Waals surface area (Å²) < 4.78 is 1.77. The van der Waals surface area contributed by atoms with E-state index in [2.05, 4.69) is 15.0 Å². The SMILES string of the molecule is CC(CN(C)Cc1ncnn1C)C(N)=S. The van der Waals surface area contributed by atoms with E-state index in [0.717, 1.165) is 18.9 Å². The van der Waals surface area contributed by atoms with Crippen LogP contribution in [0.5, 0.6) is 0 Å². The summed E-state index contributed by atoms with van der Waals surface area (Å²) >= 11 is 4.93. The summed E-state index contributed by atoms with van der Waals surface area (Å²) in [6.45, 7) is 3.61. The lowest BCUT2D eigenvalue weighted by molar-refractivity contribution is 0.295. The van der Waals surface area contributed by atoms with Gasteiger partial charge in [-0.1, -0.05) is 19.1 Å². The topological polar surface area (TPSA) is 60.0 Å². The van der Waals surface area contributed by atoms with Crippen molar-refractivity contribution in [1.29, 1.82) is 0 Å². The third kappa shape index (κ3) is 3.56. The van der Waals surface area contributed by atoms with E-state index in [0.29, 0.717) is 4.99 Å². The molecule has 0 saturated heterocycles. The molecule has 0 amide bonds. The Bertz CT molecular complexity index is 335. The monoisotopic (exact) mass is 227 g/mol. The Labute approximate surface area is 95.3 Å². The number of aromatic nitrogens is 3. The number of rotatable bonds is 5. The predicted octanol–water partition coefficient (Wildman–Crippen LogP) is 0.169. The molecule has 1 heterocycles. The van der Waals surface area contributed by atoms with Crippen molar-refractivity contribution in [3.05, 3.63) is 12.2 Å². The van der Waals surface area contributed by atoms with Crippen molar-refractivity contribution in [3.8, 4) is 0 Å². The molecule has 0 saturated carbocycles. The molecule has 0 bridgehead atoms. The van der Waals surface area contributed by atoms with Crippen molar-refractivity contribution in [3.63, 3.8) is 0 Å². The molecule has 0 aliphatic rings. The smallest absolute Gasteiger partial charge is 0.140 e. The van der Waals surface area contributed by atoms with Crippen molar-refractivity contribution >= 4 is 17.2 Å². The van der Waals surface area contributed by atoms with Gasteiger partial charge in [-0.05, 0) is 7.05 Å². The van der Waals surface area contributed by atoms with Crippen molar-refractivity contribution < 1.29 is 0 Å². The average Bonchev–Trinajstić information content (AvgIpc) is 2.51. The first-order valence-corrected chi connectivity index (χ1v) is 5.22. The molecular formula is C9H17N5S. The van der Waals surface area contributed by atoms with Gasteiger partial charge in [0.25, 0.3) is 0 Å². The van der Waals surface area contributed by atoms with Crippen molar-refractivity contribution in [2.24, 2.45) is 18.7 Å². The van der Waals surface area contributed by atoms with Gasteiger partial charge in [-0.25, -0.2) is 4.98 Å². The van der Waals surface area contributed by atoms with Gasteiger partial charge in [0.2, 0.25) is 0 Å². The van der Waals surface area contributed by atoms with Crippen molar-refractivity contribution in [2.45, 2.75) is 13.5 Å². The Morgan fingerprint density at radius 2 is 2.40 bits per heavy atom. The van der Waals surface area contributed by atoms with E-state index in [9.17, 15) is 0 Å². The minimum atomic E-state index is 0.221. The van der Waals surface area contributed by atoms with Crippen LogP contribution in [0.15, 0.2) is 6.33 Å². The van der Waals surface area contributed by atoms with Crippen LogP contribution in [0.1, 0.15) is 12.7 Å². The Morgan fingerprint density at radius 1 is 1.73 bits per heavy atom. The first-order chi connectivity index (χ1) is 7.00. The molecule has 6 heteroatoms. The molecule has 5 nitrogen and oxygen atoms in total. The van der Waals surface area contributed by atoms with Crippen LogP contribution in [0, 0.1) is 5.92 Å². The fourth-order valence-electron chi connectivity index (χ4n) is 1.33. The fourth-order valence-corrected chi connectivity index (χ4v) is 1.40. The summed E-state index contributed by atoms with van der Waals surface area (Å²) in [5.41, 5.74) is 5.56. The molecule has 84 valence electrons. The first-order valence-electron chi connectivity index (χ1n) is 4.81. The highest BCUT2D eigenvalue weighted by molar-refractivity contribution is 7.80. The Kier molecular flexibility index (Phi) is 4.16. The summed E-state index contributed by atoms with van der Waals surface area (Å²) in [5, 5.41) is 4.01. The van der Waals surface area contributed by atoms with Gasteiger partial charge < -0.3 is 5.73 Å². The van der Waals surface area contributed by atoms with Gasteiger partial charge in [-0.15, -0.1) is 0 Å². The molecule has 0 fully saturated rings. The van der Waals surface area contributed by atoms with E-state index in [4.69, 9.17) is 18.0 Å². The van der Waals surface area contributed by atoms with Gasteiger partial charge in [0.05, 0.1) is 11.5 Å². The Balaban J connectivity index is 2.46. The van der Waals surface area contributed by atoms with Gasteiger partial charge in [-0.3, -0.25) is 9.58 Å². The second kappa shape index (κ2) is 5.18. The lowest BCUT2D eigenvalue weighted by atomic mass is 10.2. The molecule has 1 rings (SSSR count). The molecule has 0 spiro atoms. The maximum absolute atomic E-state index is 5.56. The van der Waals surface area contributed by atoms with E-state index in [1.54, 1.807) is 11.0 Å². The Morgan fingerprint density at radius 3 is 2.87 bits per heavy atom. The maximum atomic E-state index is 5.56. The van der Waals surface area contributed by atoms with Crippen LogP contribution in [0.2, 0.25) is 0 Å². The summed E-state index contributed by atoms with van der Waals surface area (Å²) in [7, 11) is 3.90. The highest BCUT2D eigenvalue weighted by Crippen LogP contribution is 2.02. The zero-order chi connectivity index (χ0) is 11.4. The lowest BCUT2D eigenvalue weighted by Gasteiger charge is -2.19. The van der Waals surface area contributed by atoms with Crippen LogP contribution in [0.25, 0.3) is 0 Å². The zero-order valence-corrected chi connectivity index (χ0v) is 10.2. The third-order valence-corrected chi connectivity index (χ3v) is 2.69. The van der Waals surface area contributed by atoms with Crippen LogP contribution in [-0.4, -0.2) is 38.2 Å². The largest absolute Gasteiger partial charge is 0.393 e. The first kappa shape index (κ1) is 12.1. The zero-order valence-electron chi connectivity index (χ0n) is 9.34. The van der Waals surface area contributed by atoms with Crippen molar-refractivity contribution in [1.82, 2.24) is 19.7 Å². The van der Waals surface area contributed by atoms with Crippen LogP contribution >= 0.6 is 12.2 Å². The molecule has 1 unspecified atom stereocenters. The predicted molar refractivity (Wildman–Crippen MR) is 63.3 cm³/mol. The minimum absolute atomic E-state index is 0.221. The molecule has 2 N–H and O–H groups in total. The number of hydrogen-bond donors (Lipinski definition) is 1. The quantitative estimate of drug-likeness (QED) is 0.727. The average molecular weight is 227 g/mol. The van der Waals surface area contributed by atoms with Gasteiger partial charge in [0.1, 0.15) is 12.2 Å². The maximum Gasteiger partial charge on any atom is 0.140 e. The molecular weight excluding hydrogens is 210 g/mol. The van der Waals surface area contributed by atoms with Gasteiger partial charge in [0, 0.05) is 19.5 Å². The molecule has 0 aliphatic heterocycles. The second-order valence-corrected chi connectivity index (χ2v) is 4.27. The molecule has 1 atom stereocenters. The fraction of sp³-hybridized carbons (Fsp3) is 0.667. The van der Waals surface area contributed by atoms with E-state index >= 15 is 0 Å². The van der Waals surface area contributed by atoms with Gasteiger partial charge >= 0.3 is 0 Å². The summed E-state index contributed by atoms with van der Waals surface area (Å²) in [4.78, 5) is 6.84. The molecule has 1 aromatic heterocycles. The standard InChI is InChI=1S/C9H17N5S/c1-7(9(10)15)4-13(2)5-8-11-6-12-14(8)3/h6-7H,4-5H2,1-3H3,(H2,10,15). The number of nitrogens with two attached hydrogens (primary N) is 1. The van der Waals surface area contributed by atoms with Crippen LogP contribution in [0.3, 0.4) is 0 Å². The summed E-state index contributed by atoms with van der Waals surface area (Å²) in [6, 6.07) is 0. The number of hydrogen-bond acceptors (Lipinski definition) is 4. The van der Waals surface area contributed by atoms with Gasteiger partial charge in [0.15, 0.2) is 0 Å². The summed E-state index contributed by atoms with van der Waals surface area (Å²) in [6.07, 6.45) is 1.56. The third-order valence-electron chi connectivity index (χ3n) is 2.29. The number of aryl methyl sites for hydroxylation is 1. The van der Waals surface area contributed by atoms with Crippen molar-refractivity contribution in [2.75, 3.05) is 13.6 Å². The summed E-state index contributed by atoms with van der Waals surface area (Å²) in [5.74, 6) is 1.16. The van der Waals surface area contributed by atoms with E-state index in [1.165, 1.54) is 0 Å². The Hall–Kier alpha value is -1.01. The van der Waals surface area contributed by atoms with E-state index < -0.39 is 0 Å². The molecule has 0 aromatic carbocycles. The highest BCUT2D eigenvalue weighted by Gasteiger charge is 2.11. The van der Waals surface area contributed by atoms with E-state index in [-0.39, 0.29) is 5.92 Å². The molecule has 0 aliphatic carbocycles. The normalized spacial score (nSPS) is 13.1. The van der Waals surface area contributed by atoms with Crippen LogP contribution in [0.4, 0.5) is 0 Å². The van der Waals surface area contributed by atoms with E-state index in [1.807, 2.05) is 21.0 Å². The minimum Gasteiger partial charge on any atom is -0.393 e. The second-order valence-electron chi connectivity index (χ2n) is 3.80. The van der Waals surface area contributed by atoms with Crippen LogP contribution in [-0.2, 0) is 13.6 Å². The highest BCUT2D eigenvalue weighted by atomic mass is 32.1. The number of thiocarbonyl (C=S) groups is 1.